The van der Waals surface area contributed by atoms with Gasteiger partial charge in [-0.1, -0.05) is 6.07 Å². The van der Waals surface area contributed by atoms with Gasteiger partial charge in [0, 0.05) is 37.4 Å². The Kier molecular flexibility index (Phi) is 4.18. The topological polar surface area (TPSA) is 62.3 Å². The summed E-state index contributed by atoms with van der Waals surface area (Å²) in [7, 11) is 0. The summed E-state index contributed by atoms with van der Waals surface area (Å²) < 4.78 is 0. The minimum absolute atomic E-state index is 0.0209. The number of amides is 2. The second kappa shape index (κ2) is 6.24. The van der Waals surface area contributed by atoms with Crippen molar-refractivity contribution in [3.05, 3.63) is 30.1 Å². The van der Waals surface area contributed by atoms with Crippen LogP contribution in [0.1, 0.15) is 31.4 Å². The maximum atomic E-state index is 12.1. The zero-order chi connectivity index (χ0) is 14.7. The van der Waals surface area contributed by atoms with Crippen molar-refractivity contribution in [3.63, 3.8) is 0 Å². The fourth-order valence-corrected chi connectivity index (χ4v) is 2.82. The van der Waals surface area contributed by atoms with Crippen LogP contribution in [-0.4, -0.2) is 40.8 Å². The minimum atomic E-state index is -0.159. The summed E-state index contributed by atoms with van der Waals surface area (Å²) in [5.74, 6) is 0.00612. The first kappa shape index (κ1) is 14.0. The van der Waals surface area contributed by atoms with Gasteiger partial charge in [0.15, 0.2) is 0 Å². The first-order chi connectivity index (χ1) is 10.2. The molecule has 0 spiro atoms. The number of aryl methyl sites for hydroxylation is 1. The summed E-state index contributed by atoms with van der Waals surface area (Å²) >= 11 is 0. The van der Waals surface area contributed by atoms with Gasteiger partial charge in [-0.2, -0.15) is 0 Å². The molecule has 1 atom stereocenters. The summed E-state index contributed by atoms with van der Waals surface area (Å²) in [6, 6.07) is 6.27. The Morgan fingerprint density at radius 1 is 1.38 bits per heavy atom. The predicted molar refractivity (Wildman–Crippen MR) is 78.4 cm³/mol. The lowest BCUT2D eigenvalue weighted by molar-refractivity contribution is -0.129. The van der Waals surface area contributed by atoms with Gasteiger partial charge in [0.05, 0.1) is 5.92 Å². The molecule has 1 saturated heterocycles. The van der Waals surface area contributed by atoms with Crippen LogP contribution in [-0.2, 0) is 16.0 Å². The fraction of sp³-hybridized carbons (Fsp3) is 0.562. The number of carbonyl (C=O) groups is 2. The Bertz CT molecular complexity index is 514. The third-order valence-corrected chi connectivity index (χ3v) is 4.15. The maximum Gasteiger partial charge on any atom is 0.225 e. The number of aromatic nitrogens is 1. The highest BCUT2D eigenvalue weighted by atomic mass is 16.2. The molecule has 0 bridgehead atoms. The van der Waals surface area contributed by atoms with Crippen molar-refractivity contribution < 1.29 is 9.59 Å². The van der Waals surface area contributed by atoms with E-state index >= 15 is 0 Å². The minimum Gasteiger partial charge on any atom is -0.356 e. The second-order valence-electron chi connectivity index (χ2n) is 5.89. The van der Waals surface area contributed by atoms with Gasteiger partial charge >= 0.3 is 0 Å². The van der Waals surface area contributed by atoms with Gasteiger partial charge in [-0.05, 0) is 37.8 Å². The van der Waals surface area contributed by atoms with E-state index < -0.39 is 0 Å². The molecule has 1 aliphatic heterocycles. The highest BCUT2D eigenvalue weighted by molar-refractivity contribution is 5.89. The van der Waals surface area contributed by atoms with Crippen LogP contribution in [0.15, 0.2) is 24.4 Å². The molecule has 1 aliphatic carbocycles. The van der Waals surface area contributed by atoms with E-state index in [0.717, 1.165) is 31.4 Å². The van der Waals surface area contributed by atoms with Gasteiger partial charge in [0.2, 0.25) is 11.8 Å². The van der Waals surface area contributed by atoms with Gasteiger partial charge < -0.3 is 10.2 Å². The van der Waals surface area contributed by atoms with E-state index in [2.05, 4.69) is 10.3 Å². The van der Waals surface area contributed by atoms with Crippen LogP contribution in [0.2, 0.25) is 0 Å². The Morgan fingerprint density at radius 3 is 2.95 bits per heavy atom. The van der Waals surface area contributed by atoms with Crippen molar-refractivity contribution in [2.75, 3.05) is 13.1 Å². The van der Waals surface area contributed by atoms with Gasteiger partial charge in [0.25, 0.3) is 0 Å². The molecule has 2 fully saturated rings. The number of carbonyl (C=O) groups excluding carboxylic acids is 2. The van der Waals surface area contributed by atoms with Crippen molar-refractivity contribution in [3.8, 4) is 0 Å². The van der Waals surface area contributed by atoms with E-state index in [1.54, 1.807) is 6.20 Å². The normalized spacial score (nSPS) is 21.6. The summed E-state index contributed by atoms with van der Waals surface area (Å²) in [6.07, 6.45) is 6.09. The van der Waals surface area contributed by atoms with Crippen molar-refractivity contribution in [2.24, 2.45) is 5.92 Å². The molecule has 1 unspecified atom stereocenters. The molecule has 1 saturated carbocycles. The smallest absolute Gasteiger partial charge is 0.225 e. The van der Waals surface area contributed by atoms with E-state index in [4.69, 9.17) is 0 Å². The molecule has 21 heavy (non-hydrogen) atoms. The second-order valence-corrected chi connectivity index (χ2v) is 5.89. The fourth-order valence-electron chi connectivity index (χ4n) is 2.82. The lowest BCUT2D eigenvalue weighted by Gasteiger charge is -2.15. The Balaban J connectivity index is 1.37. The summed E-state index contributed by atoms with van der Waals surface area (Å²) in [6.45, 7) is 1.25. The quantitative estimate of drug-likeness (QED) is 0.798. The number of rotatable bonds is 6. The number of hydrogen-bond acceptors (Lipinski definition) is 3. The molecule has 2 heterocycles. The molecule has 1 aromatic rings. The molecule has 5 nitrogen and oxygen atoms in total. The van der Waals surface area contributed by atoms with Crippen LogP contribution in [0.5, 0.6) is 0 Å². The highest BCUT2D eigenvalue weighted by Crippen LogP contribution is 2.32. The lowest BCUT2D eigenvalue weighted by atomic mass is 10.1. The zero-order valence-corrected chi connectivity index (χ0v) is 12.1. The van der Waals surface area contributed by atoms with Crippen LogP contribution in [0.25, 0.3) is 0 Å². The number of nitrogens with one attached hydrogen (secondary N) is 1. The van der Waals surface area contributed by atoms with E-state index in [1.165, 1.54) is 0 Å². The average Bonchev–Trinajstić information content (AvgIpc) is 3.27. The SMILES string of the molecule is O=C(NCCCc1ccccn1)C1CC(=O)N(C2CC2)C1. The van der Waals surface area contributed by atoms with Crippen molar-refractivity contribution in [1.29, 1.82) is 0 Å². The third kappa shape index (κ3) is 3.60. The lowest BCUT2D eigenvalue weighted by Crippen LogP contribution is -2.34. The Morgan fingerprint density at radius 2 is 2.24 bits per heavy atom. The largest absolute Gasteiger partial charge is 0.356 e. The van der Waals surface area contributed by atoms with E-state index in [-0.39, 0.29) is 17.7 Å². The highest BCUT2D eigenvalue weighted by Gasteiger charge is 2.41. The first-order valence-electron chi connectivity index (χ1n) is 7.71. The molecular formula is C16H21N3O2. The van der Waals surface area contributed by atoms with Crippen LogP contribution in [0.3, 0.4) is 0 Å². The van der Waals surface area contributed by atoms with Gasteiger partial charge in [-0.15, -0.1) is 0 Å². The summed E-state index contributed by atoms with van der Waals surface area (Å²) in [5.41, 5.74) is 1.04. The first-order valence-corrected chi connectivity index (χ1v) is 7.71. The van der Waals surface area contributed by atoms with E-state index in [1.807, 2.05) is 23.1 Å². The van der Waals surface area contributed by atoms with Crippen LogP contribution in [0.4, 0.5) is 0 Å². The van der Waals surface area contributed by atoms with Gasteiger partial charge in [-0.3, -0.25) is 14.6 Å². The van der Waals surface area contributed by atoms with Crippen molar-refractivity contribution in [1.82, 2.24) is 15.2 Å². The van der Waals surface area contributed by atoms with Crippen molar-refractivity contribution in [2.45, 2.75) is 38.1 Å². The maximum absolute atomic E-state index is 12.1. The molecule has 0 aromatic carbocycles. The summed E-state index contributed by atoms with van der Waals surface area (Å²) in [4.78, 5) is 30.1. The van der Waals surface area contributed by atoms with E-state index in [0.29, 0.717) is 25.6 Å². The van der Waals surface area contributed by atoms with Gasteiger partial charge in [-0.25, -0.2) is 0 Å². The van der Waals surface area contributed by atoms with Crippen LogP contribution in [0, 0.1) is 5.92 Å². The zero-order valence-electron chi connectivity index (χ0n) is 12.1. The number of hydrogen-bond donors (Lipinski definition) is 1. The van der Waals surface area contributed by atoms with Crippen LogP contribution < -0.4 is 5.32 Å². The van der Waals surface area contributed by atoms with E-state index in [9.17, 15) is 9.59 Å². The molecule has 1 aromatic heterocycles. The van der Waals surface area contributed by atoms with Crippen molar-refractivity contribution >= 4 is 11.8 Å². The number of pyridine rings is 1. The molecule has 1 N–H and O–H groups in total. The summed E-state index contributed by atoms with van der Waals surface area (Å²) in [5, 5.41) is 2.95. The number of nitrogens with zero attached hydrogens (tertiary/aromatic N) is 2. The molecule has 2 aliphatic rings. The van der Waals surface area contributed by atoms with Crippen LogP contribution >= 0.6 is 0 Å². The molecule has 3 rings (SSSR count). The molecule has 0 radical (unpaired) electrons. The predicted octanol–water partition coefficient (Wildman–Crippen LogP) is 1.14. The van der Waals surface area contributed by atoms with Gasteiger partial charge in [0.1, 0.15) is 0 Å². The Hall–Kier alpha value is -1.91. The third-order valence-electron chi connectivity index (χ3n) is 4.15. The molecule has 2 amide bonds. The average molecular weight is 287 g/mol. The molecule has 112 valence electrons. The monoisotopic (exact) mass is 287 g/mol. The number of likely N-dealkylation sites (tertiary alicyclic amines) is 1. The molecular weight excluding hydrogens is 266 g/mol. The Labute approximate surface area is 124 Å². The molecule has 5 heteroatoms. The standard InChI is InChI=1S/C16H21N3O2/c20-15-10-12(11-19(15)14-6-7-14)16(21)18-9-3-5-13-4-1-2-8-17-13/h1-2,4,8,12,14H,3,5-7,9-11H2,(H,18,21).